The first-order chi connectivity index (χ1) is 8.00. The summed E-state index contributed by atoms with van der Waals surface area (Å²) in [6.45, 7) is 0. The van der Waals surface area contributed by atoms with Crippen molar-refractivity contribution in [2.24, 2.45) is 11.7 Å². The predicted molar refractivity (Wildman–Crippen MR) is 67.3 cm³/mol. The summed E-state index contributed by atoms with van der Waals surface area (Å²) in [6, 6.07) is 5.03. The van der Waals surface area contributed by atoms with Crippen LogP contribution in [0.2, 0.25) is 0 Å². The summed E-state index contributed by atoms with van der Waals surface area (Å²) in [5.74, 6) is -1.14. The highest BCUT2D eigenvalue weighted by Gasteiger charge is 2.37. The Hall–Kier alpha value is -1.30. The first-order valence-corrected chi connectivity index (χ1v) is 5.83. The zero-order valence-corrected chi connectivity index (χ0v) is 10.5. The second-order valence-corrected chi connectivity index (χ2v) is 4.74. The highest BCUT2D eigenvalue weighted by Crippen LogP contribution is 2.28. The molecule has 1 heterocycles. The van der Waals surface area contributed by atoms with Crippen molar-refractivity contribution in [1.82, 2.24) is 4.98 Å². The molecule has 0 aliphatic heterocycles. The smallest absolute Gasteiger partial charge is 0.192 e. The molecule has 1 aromatic rings. The van der Waals surface area contributed by atoms with Crippen LogP contribution in [0.1, 0.15) is 10.5 Å². The number of ketones is 1. The van der Waals surface area contributed by atoms with Crippen LogP contribution in [0, 0.1) is 5.92 Å². The molecule has 1 aliphatic rings. The molecule has 1 aromatic heterocycles. The summed E-state index contributed by atoms with van der Waals surface area (Å²) >= 11 is 3.26. The van der Waals surface area contributed by atoms with Gasteiger partial charge in [0, 0.05) is 10.7 Å². The Morgan fingerprint density at radius 3 is 2.94 bits per heavy atom. The van der Waals surface area contributed by atoms with E-state index in [0.717, 1.165) is 0 Å². The van der Waals surface area contributed by atoms with Crippen LogP contribution in [0.5, 0.6) is 0 Å². The Kier molecular flexibility index (Phi) is 3.24. The molecule has 2 atom stereocenters. The first kappa shape index (κ1) is 12.2. The number of hydrogen-bond acceptors (Lipinski definition) is 4. The molecule has 2 rings (SSSR count). The van der Waals surface area contributed by atoms with E-state index >= 15 is 0 Å². The summed E-state index contributed by atoms with van der Waals surface area (Å²) in [6.07, 6.45) is 6.11. The Labute approximate surface area is 107 Å². The van der Waals surface area contributed by atoms with Gasteiger partial charge in [0.25, 0.3) is 0 Å². The van der Waals surface area contributed by atoms with Gasteiger partial charge in [0.1, 0.15) is 11.4 Å². The van der Waals surface area contributed by atoms with E-state index in [-0.39, 0.29) is 11.5 Å². The van der Waals surface area contributed by atoms with Gasteiger partial charge in [-0.2, -0.15) is 0 Å². The second-order valence-electron chi connectivity index (χ2n) is 3.83. The van der Waals surface area contributed by atoms with Crippen LogP contribution in [0.15, 0.2) is 47.1 Å². The number of Topliss-reactive ketones (excluding diaryl/α,β-unsaturated/α-hetero) is 1. The van der Waals surface area contributed by atoms with E-state index in [1.165, 1.54) is 12.3 Å². The fourth-order valence-electron chi connectivity index (χ4n) is 1.62. The number of allylic oxidation sites excluding steroid dienone is 2. The SMILES string of the molecule is NC1(O)C=CC(Br)=CC1C(=O)c1ccccn1. The molecule has 0 aromatic carbocycles. The van der Waals surface area contributed by atoms with Crippen molar-refractivity contribution in [3.63, 3.8) is 0 Å². The summed E-state index contributed by atoms with van der Waals surface area (Å²) < 4.78 is 0.710. The Morgan fingerprint density at radius 1 is 1.53 bits per heavy atom. The van der Waals surface area contributed by atoms with Crippen LogP contribution in [-0.4, -0.2) is 21.6 Å². The molecule has 0 spiro atoms. The van der Waals surface area contributed by atoms with Crippen LogP contribution in [0.25, 0.3) is 0 Å². The zero-order valence-electron chi connectivity index (χ0n) is 8.88. The molecule has 1 aliphatic carbocycles. The molecule has 0 saturated carbocycles. The molecule has 0 bridgehead atoms. The van der Waals surface area contributed by atoms with E-state index in [0.29, 0.717) is 4.48 Å². The molecule has 88 valence electrons. The average Bonchev–Trinajstić information content (AvgIpc) is 2.33. The van der Waals surface area contributed by atoms with Gasteiger partial charge in [0.15, 0.2) is 5.78 Å². The third-order valence-corrected chi connectivity index (χ3v) is 3.06. The normalized spacial score (nSPS) is 27.7. The van der Waals surface area contributed by atoms with Gasteiger partial charge in [-0.15, -0.1) is 0 Å². The number of hydrogen-bond donors (Lipinski definition) is 2. The largest absolute Gasteiger partial charge is 0.371 e. The molecular formula is C12H11BrN2O2. The number of nitrogens with two attached hydrogens (primary N) is 1. The van der Waals surface area contributed by atoms with Crippen LogP contribution in [-0.2, 0) is 0 Å². The minimum atomic E-state index is -1.67. The fraction of sp³-hybridized carbons (Fsp3) is 0.167. The summed E-state index contributed by atoms with van der Waals surface area (Å²) in [5.41, 5.74) is 4.29. The highest BCUT2D eigenvalue weighted by atomic mass is 79.9. The van der Waals surface area contributed by atoms with Crippen molar-refractivity contribution < 1.29 is 9.90 Å². The molecule has 0 fully saturated rings. The van der Waals surface area contributed by atoms with E-state index in [4.69, 9.17) is 5.73 Å². The lowest BCUT2D eigenvalue weighted by Gasteiger charge is -2.29. The van der Waals surface area contributed by atoms with Gasteiger partial charge in [0.2, 0.25) is 0 Å². The number of pyridine rings is 1. The standard InChI is InChI=1S/C12H11BrN2O2/c13-8-4-5-12(14,17)9(7-8)11(16)10-3-1-2-6-15-10/h1-7,9,17H,14H2. The topological polar surface area (TPSA) is 76.2 Å². The number of carbonyl (C=O) groups excluding carboxylic acids is 1. The van der Waals surface area contributed by atoms with Crippen LogP contribution >= 0.6 is 15.9 Å². The number of nitrogens with zero attached hydrogens (tertiary/aromatic N) is 1. The third kappa shape index (κ3) is 2.52. The van der Waals surface area contributed by atoms with Gasteiger partial charge in [-0.25, -0.2) is 0 Å². The van der Waals surface area contributed by atoms with Crippen LogP contribution in [0.4, 0.5) is 0 Å². The molecular weight excluding hydrogens is 284 g/mol. The van der Waals surface area contributed by atoms with Gasteiger partial charge in [-0.3, -0.25) is 15.5 Å². The van der Waals surface area contributed by atoms with Crippen molar-refractivity contribution in [2.45, 2.75) is 5.72 Å². The zero-order chi connectivity index (χ0) is 12.5. The van der Waals surface area contributed by atoms with Crippen molar-refractivity contribution in [1.29, 1.82) is 0 Å². The van der Waals surface area contributed by atoms with E-state index in [2.05, 4.69) is 20.9 Å². The van der Waals surface area contributed by atoms with E-state index < -0.39 is 11.6 Å². The van der Waals surface area contributed by atoms with Gasteiger partial charge >= 0.3 is 0 Å². The molecule has 3 N–H and O–H groups in total. The average molecular weight is 295 g/mol. The summed E-state index contributed by atoms with van der Waals surface area (Å²) in [4.78, 5) is 16.1. The molecule has 0 amide bonds. The molecule has 4 nitrogen and oxygen atoms in total. The quantitative estimate of drug-likeness (QED) is 0.638. The van der Waals surface area contributed by atoms with Gasteiger partial charge in [-0.1, -0.05) is 28.1 Å². The second kappa shape index (κ2) is 4.52. The van der Waals surface area contributed by atoms with Gasteiger partial charge < -0.3 is 5.11 Å². The maximum atomic E-state index is 12.2. The molecule has 0 radical (unpaired) electrons. The third-order valence-electron chi connectivity index (χ3n) is 2.53. The first-order valence-electron chi connectivity index (χ1n) is 5.04. The Bertz CT molecular complexity index is 494. The number of rotatable bonds is 2. The van der Waals surface area contributed by atoms with Crippen LogP contribution in [0.3, 0.4) is 0 Å². The van der Waals surface area contributed by atoms with E-state index in [1.54, 1.807) is 30.4 Å². The lowest BCUT2D eigenvalue weighted by atomic mass is 9.87. The Balaban J connectivity index is 2.34. The minimum Gasteiger partial charge on any atom is -0.371 e. The lowest BCUT2D eigenvalue weighted by molar-refractivity contribution is 0.0443. The number of aliphatic hydroxyl groups is 1. The maximum Gasteiger partial charge on any atom is 0.192 e. The van der Waals surface area contributed by atoms with Crippen molar-refractivity contribution >= 4 is 21.7 Å². The number of carbonyl (C=O) groups is 1. The van der Waals surface area contributed by atoms with Crippen LogP contribution < -0.4 is 5.73 Å². The molecule has 17 heavy (non-hydrogen) atoms. The number of aromatic nitrogens is 1. The maximum absolute atomic E-state index is 12.2. The summed E-state index contributed by atoms with van der Waals surface area (Å²) in [5, 5.41) is 9.96. The number of halogens is 1. The van der Waals surface area contributed by atoms with E-state index in [1.807, 2.05) is 0 Å². The Morgan fingerprint density at radius 2 is 2.29 bits per heavy atom. The van der Waals surface area contributed by atoms with Gasteiger partial charge in [-0.05, 0) is 24.3 Å². The van der Waals surface area contributed by atoms with Crippen molar-refractivity contribution in [3.8, 4) is 0 Å². The molecule has 5 heteroatoms. The summed E-state index contributed by atoms with van der Waals surface area (Å²) in [7, 11) is 0. The van der Waals surface area contributed by atoms with Crippen molar-refractivity contribution in [3.05, 3.63) is 52.8 Å². The monoisotopic (exact) mass is 294 g/mol. The predicted octanol–water partition coefficient (Wildman–Crippen LogP) is 1.38. The fourth-order valence-corrected chi connectivity index (χ4v) is 2.02. The van der Waals surface area contributed by atoms with E-state index in [9.17, 15) is 9.90 Å². The molecule has 0 saturated heterocycles. The molecule has 2 unspecified atom stereocenters. The van der Waals surface area contributed by atoms with Crippen molar-refractivity contribution in [2.75, 3.05) is 0 Å². The minimum absolute atomic E-state index is 0.285. The highest BCUT2D eigenvalue weighted by molar-refractivity contribution is 9.11. The van der Waals surface area contributed by atoms with Gasteiger partial charge in [0.05, 0.1) is 5.92 Å². The lowest BCUT2D eigenvalue weighted by Crippen LogP contribution is -2.49.